The van der Waals surface area contributed by atoms with E-state index in [1.54, 1.807) is 0 Å². The molecule has 9 N–H and O–H groups in total. The van der Waals surface area contributed by atoms with E-state index < -0.39 is 86.8 Å². The number of nitrogens with one attached hydrogen (secondary N) is 1. The highest BCUT2D eigenvalue weighted by Crippen LogP contribution is 2.30. The predicted octanol–water partition coefficient (Wildman–Crippen LogP) is 5.60. The van der Waals surface area contributed by atoms with Gasteiger partial charge < -0.3 is 65.1 Å². The van der Waals surface area contributed by atoms with E-state index in [1.807, 2.05) is 0 Å². The van der Waals surface area contributed by atoms with Gasteiger partial charge >= 0.3 is 0 Å². The number of allylic oxidation sites excluding steroid dienone is 2. The number of aliphatic hydroxyl groups is 8. The Morgan fingerprint density at radius 3 is 1.57 bits per heavy atom. The first kappa shape index (κ1) is 55.9. The van der Waals surface area contributed by atoms with Crippen molar-refractivity contribution in [2.45, 2.75) is 261 Å². The molecule has 2 rings (SSSR count). The molecule has 2 aliphatic rings. The van der Waals surface area contributed by atoms with E-state index in [-0.39, 0.29) is 12.5 Å². The Bertz CT molecular complexity index is 1080. The number of carbonyl (C=O) groups excluding carboxylic acids is 1. The summed E-state index contributed by atoms with van der Waals surface area (Å²) in [6.07, 6.45) is 17.8. The van der Waals surface area contributed by atoms with Crippen LogP contribution in [0.5, 0.6) is 0 Å². The molecule has 0 aromatic carbocycles. The molecule has 14 heteroatoms. The summed E-state index contributed by atoms with van der Waals surface area (Å²) in [6.45, 7) is 2.82. The Morgan fingerprint density at radius 1 is 0.574 bits per heavy atom. The number of hydrogen-bond acceptors (Lipinski definition) is 13. The van der Waals surface area contributed by atoms with Crippen molar-refractivity contribution in [1.29, 1.82) is 0 Å². The molecule has 14 nitrogen and oxygen atoms in total. The maximum absolute atomic E-state index is 13.1. The number of aliphatic hydroxyl groups excluding tert-OH is 8. The quantitative estimate of drug-likeness (QED) is 0.0274. The molecule has 61 heavy (non-hydrogen) atoms. The van der Waals surface area contributed by atoms with Crippen molar-refractivity contribution in [2.24, 2.45) is 0 Å². The van der Waals surface area contributed by atoms with Crippen molar-refractivity contribution >= 4 is 5.91 Å². The Kier molecular flexibility index (Phi) is 32.1. The first-order chi connectivity index (χ1) is 29.6. The van der Waals surface area contributed by atoms with E-state index in [1.165, 1.54) is 89.9 Å². The first-order valence-electron chi connectivity index (χ1n) is 24.4. The molecule has 0 bridgehead atoms. The summed E-state index contributed by atoms with van der Waals surface area (Å²) in [4.78, 5) is 13.1. The average Bonchev–Trinajstić information content (AvgIpc) is 3.26. The molecule has 12 atom stereocenters. The van der Waals surface area contributed by atoms with Crippen LogP contribution < -0.4 is 5.32 Å². The van der Waals surface area contributed by atoms with Gasteiger partial charge in [-0.25, -0.2) is 0 Å². The normalized spacial score (nSPS) is 28.0. The van der Waals surface area contributed by atoms with Crippen LogP contribution >= 0.6 is 0 Å². The number of unbranched alkanes of at least 4 members (excludes halogenated alkanes) is 22. The van der Waals surface area contributed by atoms with Gasteiger partial charge in [0.25, 0.3) is 0 Å². The molecule has 2 fully saturated rings. The number of amides is 1. The maximum atomic E-state index is 13.1. The van der Waals surface area contributed by atoms with Crippen LogP contribution in [0.2, 0.25) is 0 Å². The lowest BCUT2D eigenvalue weighted by molar-refractivity contribution is -0.359. The third kappa shape index (κ3) is 23.0. The summed E-state index contributed by atoms with van der Waals surface area (Å²) < 4.78 is 22.7. The minimum absolute atomic E-state index is 0.217. The van der Waals surface area contributed by atoms with Crippen molar-refractivity contribution in [1.82, 2.24) is 5.32 Å². The lowest BCUT2D eigenvalue weighted by Gasteiger charge is -2.46. The zero-order valence-electron chi connectivity index (χ0n) is 37.9. The summed E-state index contributed by atoms with van der Waals surface area (Å²) >= 11 is 0. The highest BCUT2D eigenvalue weighted by Gasteiger charge is 2.51. The van der Waals surface area contributed by atoms with Crippen LogP contribution in [0, 0.1) is 0 Å². The lowest BCUT2D eigenvalue weighted by Crippen LogP contribution is -2.65. The lowest BCUT2D eigenvalue weighted by atomic mass is 9.97. The van der Waals surface area contributed by atoms with E-state index in [0.29, 0.717) is 19.3 Å². The van der Waals surface area contributed by atoms with Crippen molar-refractivity contribution in [3.8, 4) is 0 Å². The Balaban J connectivity index is 1.86. The van der Waals surface area contributed by atoms with Gasteiger partial charge in [0, 0.05) is 6.42 Å². The molecule has 1 amide bonds. The number of hydrogen-bond donors (Lipinski definition) is 9. The molecule has 12 unspecified atom stereocenters. The van der Waals surface area contributed by atoms with Gasteiger partial charge in [-0.1, -0.05) is 154 Å². The molecule has 2 saturated heterocycles. The van der Waals surface area contributed by atoms with Gasteiger partial charge in [-0.15, -0.1) is 0 Å². The van der Waals surface area contributed by atoms with E-state index in [4.69, 9.17) is 18.9 Å². The minimum Gasteiger partial charge on any atom is -0.394 e. The van der Waals surface area contributed by atoms with Crippen LogP contribution in [0.25, 0.3) is 0 Å². The second-order valence-corrected chi connectivity index (χ2v) is 17.6. The molecule has 0 saturated carbocycles. The second-order valence-electron chi connectivity index (χ2n) is 17.6. The molecule has 0 aromatic rings. The molecule has 0 aromatic heterocycles. The highest BCUT2D eigenvalue weighted by atomic mass is 16.7. The molecular weight excluding hydrogens is 787 g/mol. The van der Waals surface area contributed by atoms with E-state index >= 15 is 0 Å². The van der Waals surface area contributed by atoms with Crippen LogP contribution in [0.15, 0.2) is 12.2 Å². The number of rotatable bonds is 37. The third-order valence-electron chi connectivity index (χ3n) is 12.2. The van der Waals surface area contributed by atoms with Crippen LogP contribution in [0.4, 0.5) is 0 Å². The van der Waals surface area contributed by atoms with Crippen LogP contribution in [0.3, 0.4) is 0 Å². The second kappa shape index (κ2) is 35.0. The first-order valence-corrected chi connectivity index (χ1v) is 24.4. The number of carbonyl (C=O) groups is 1. The van der Waals surface area contributed by atoms with Gasteiger partial charge in [0.2, 0.25) is 5.91 Å². The van der Waals surface area contributed by atoms with Gasteiger partial charge in [0.15, 0.2) is 12.6 Å². The van der Waals surface area contributed by atoms with Gasteiger partial charge in [-0.05, 0) is 38.5 Å². The zero-order valence-corrected chi connectivity index (χ0v) is 37.9. The van der Waals surface area contributed by atoms with Crippen molar-refractivity contribution in [3.05, 3.63) is 12.2 Å². The molecule has 0 aliphatic carbocycles. The third-order valence-corrected chi connectivity index (χ3v) is 12.2. The molecule has 0 radical (unpaired) electrons. The summed E-state index contributed by atoms with van der Waals surface area (Å²) in [5.74, 6) is -0.217. The van der Waals surface area contributed by atoms with E-state index in [9.17, 15) is 45.6 Å². The van der Waals surface area contributed by atoms with Crippen molar-refractivity contribution in [2.75, 3.05) is 19.8 Å². The molecule has 0 spiro atoms. The van der Waals surface area contributed by atoms with Gasteiger partial charge in [0.1, 0.15) is 48.8 Å². The summed E-state index contributed by atoms with van der Waals surface area (Å²) in [7, 11) is 0. The van der Waals surface area contributed by atoms with Gasteiger partial charge in [-0.2, -0.15) is 0 Å². The summed E-state index contributed by atoms with van der Waals surface area (Å²) in [5.41, 5.74) is 0. The van der Waals surface area contributed by atoms with Crippen LogP contribution in [-0.4, -0.2) is 140 Å². The van der Waals surface area contributed by atoms with Crippen LogP contribution in [-0.2, 0) is 23.7 Å². The smallest absolute Gasteiger partial charge is 0.220 e. The number of ether oxygens (including phenoxy) is 4. The fraction of sp³-hybridized carbons (Fsp3) is 0.936. The molecule has 2 heterocycles. The topological polar surface area (TPSA) is 228 Å². The largest absolute Gasteiger partial charge is 0.394 e. The molecule has 360 valence electrons. The monoisotopic (exact) mass is 876 g/mol. The van der Waals surface area contributed by atoms with Crippen molar-refractivity contribution < 1.29 is 64.6 Å². The minimum atomic E-state index is -1.78. The fourth-order valence-corrected chi connectivity index (χ4v) is 8.17. The standard InChI is InChI=1S/C47H89NO13/c1-3-5-7-9-11-13-15-17-19-20-22-24-26-28-30-36(51)35(48-39(52)31-29-27-25-23-21-18-16-14-12-10-8-6-4-2)34-58-46-44(57)42(55)45(38(33-50)60-46)61-47-43(56)41(54)40(53)37(32-49)59-47/h14,16,35-38,40-47,49-51,53-57H,3-13,15,17-34H2,1-2H3,(H,48,52)/b16-14-. The van der Waals surface area contributed by atoms with Crippen LogP contribution in [0.1, 0.15) is 187 Å². The predicted molar refractivity (Wildman–Crippen MR) is 235 cm³/mol. The van der Waals surface area contributed by atoms with Gasteiger partial charge in [-0.3, -0.25) is 4.79 Å². The Hall–Kier alpha value is -1.27. The SMILES string of the molecule is CCCCCC/C=C\CCCCCCCC(=O)NC(COC1OC(CO)C(OC2OC(CO)C(O)C(O)C2O)C(O)C1O)C(O)CCCCCCCCCCCCCCCC. The Morgan fingerprint density at radius 2 is 1.03 bits per heavy atom. The molecule has 2 aliphatic heterocycles. The summed E-state index contributed by atoms with van der Waals surface area (Å²) in [6, 6.07) is -0.827. The zero-order chi connectivity index (χ0) is 44.7. The average molecular weight is 876 g/mol. The Labute approximate surface area is 367 Å². The van der Waals surface area contributed by atoms with Gasteiger partial charge in [0.05, 0.1) is 32.0 Å². The fourth-order valence-electron chi connectivity index (χ4n) is 8.17. The molecular formula is C47H89NO13. The summed E-state index contributed by atoms with van der Waals surface area (Å²) in [5, 5.41) is 86.7. The highest BCUT2D eigenvalue weighted by molar-refractivity contribution is 5.76. The van der Waals surface area contributed by atoms with E-state index in [2.05, 4.69) is 31.3 Å². The van der Waals surface area contributed by atoms with E-state index in [0.717, 1.165) is 64.2 Å². The maximum Gasteiger partial charge on any atom is 0.220 e. The van der Waals surface area contributed by atoms with Crippen molar-refractivity contribution in [3.63, 3.8) is 0 Å².